The van der Waals surface area contributed by atoms with Crippen molar-refractivity contribution in [1.29, 1.82) is 0 Å². The van der Waals surface area contributed by atoms with Gasteiger partial charge in [0, 0.05) is 29.7 Å². The topological polar surface area (TPSA) is 83.3 Å². The van der Waals surface area contributed by atoms with Crippen molar-refractivity contribution in [3.63, 3.8) is 0 Å². The predicted octanol–water partition coefficient (Wildman–Crippen LogP) is 2.27. The number of fused-ring (bicyclic) bond motifs is 1. The van der Waals surface area contributed by atoms with Crippen LogP contribution in [0.3, 0.4) is 0 Å². The molecule has 0 bridgehead atoms. The van der Waals surface area contributed by atoms with E-state index in [1.165, 1.54) is 4.57 Å². The number of likely N-dealkylation sites (tertiary alicyclic amines) is 1. The van der Waals surface area contributed by atoms with Crippen molar-refractivity contribution in [1.82, 2.24) is 19.7 Å². The van der Waals surface area contributed by atoms with Gasteiger partial charge in [0.15, 0.2) is 5.69 Å². The quantitative estimate of drug-likeness (QED) is 0.735. The van der Waals surface area contributed by atoms with Gasteiger partial charge in [-0.1, -0.05) is 0 Å². The molecule has 26 heavy (non-hydrogen) atoms. The molecule has 1 aliphatic heterocycles. The highest BCUT2D eigenvalue weighted by molar-refractivity contribution is 7.17. The minimum Gasteiger partial charge on any atom is -0.507 e. The number of aromatic hydroxyl groups is 1. The minimum absolute atomic E-state index is 0.0739. The Morgan fingerprint density at radius 2 is 2.12 bits per heavy atom. The van der Waals surface area contributed by atoms with E-state index in [4.69, 9.17) is 0 Å². The Hall–Kier alpha value is -2.45. The van der Waals surface area contributed by atoms with Gasteiger partial charge in [0.25, 0.3) is 5.56 Å². The van der Waals surface area contributed by atoms with Gasteiger partial charge in [-0.25, -0.2) is 0 Å². The molecule has 2 aromatic heterocycles. The zero-order chi connectivity index (χ0) is 18.3. The van der Waals surface area contributed by atoms with Gasteiger partial charge in [-0.15, -0.1) is 21.5 Å². The fraction of sp³-hybridized carbons (Fsp3) is 0.389. The molecule has 1 atom stereocenters. The average molecular weight is 371 g/mol. The predicted molar refractivity (Wildman–Crippen MR) is 104 cm³/mol. The van der Waals surface area contributed by atoms with Crippen LogP contribution in [0.1, 0.15) is 12.8 Å². The van der Waals surface area contributed by atoms with Crippen molar-refractivity contribution in [2.75, 3.05) is 25.5 Å². The molecule has 1 aliphatic rings. The molecule has 0 spiro atoms. The van der Waals surface area contributed by atoms with E-state index in [0.29, 0.717) is 11.5 Å². The molecule has 4 rings (SSSR count). The second kappa shape index (κ2) is 6.69. The summed E-state index contributed by atoms with van der Waals surface area (Å²) in [6.45, 7) is 2.00. The lowest BCUT2D eigenvalue weighted by Gasteiger charge is -2.30. The number of thiophene rings is 1. The molecular weight excluding hydrogens is 350 g/mol. The van der Waals surface area contributed by atoms with Crippen LogP contribution in [-0.4, -0.2) is 50.9 Å². The van der Waals surface area contributed by atoms with Gasteiger partial charge in [-0.05, 0) is 50.0 Å². The highest BCUT2D eigenvalue weighted by Crippen LogP contribution is 2.36. The second-order valence-electron chi connectivity index (χ2n) is 6.78. The van der Waals surface area contributed by atoms with Gasteiger partial charge in [-0.3, -0.25) is 9.36 Å². The fourth-order valence-corrected chi connectivity index (χ4v) is 4.23. The van der Waals surface area contributed by atoms with Gasteiger partial charge in [0.05, 0.1) is 5.56 Å². The first-order valence-corrected chi connectivity index (χ1v) is 9.51. The van der Waals surface area contributed by atoms with Crippen molar-refractivity contribution in [3.8, 4) is 17.0 Å². The van der Waals surface area contributed by atoms with E-state index in [1.54, 1.807) is 24.5 Å². The van der Waals surface area contributed by atoms with Crippen LogP contribution in [-0.2, 0) is 7.05 Å². The van der Waals surface area contributed by atoms with Crippen molar-refractivity contribution in [3.05, 3.63) is 33.9 Å². The summed E-state index contributed by atoms with van der Waals surface area (Å²) >= 11 is 1.54. The lowest BCUT2D eigenvalue weighted by atomic mass is 10.1. The van der Waals surface area contributed by atoms with Gasteiger partial charge in [-0.2, -0.15) is 0 Å². The summed E-state index contributed by atoms with van der Waals surface area (Å²) < 4.78 is 2.43. The van der Waals surface area contributed by atoms with Crippen molar-refractivity contribution in [2.45, 2.75) is 18.9 Å². The number of hydrogen-bond donors (Lipinski definition) is 2. The number of aromatic nitrogens is 3. The Morgan fingerprint density at radius 1 is 1.27 bits per heavy atom. The summed E-state index contributed by atoms with van der Waals surface area (Å²) in [7, 11) is 3.76. The Morgan fingerprint density at radius 3 is 2.92 bits per heavy atom. The number of nitrogens with one attached hydrogen (secondary N) is 1. The minimum atomic E-state index is -0.281. The number of likely N-dealkylation sites (N-methyl/N-ethyl adjacent to an activating group) is 1. The molecule has 0 unspecified atom stereocenters. The molecule has 0 saturated carbocycles. The standard InChI is InChI=1S/C18H21N5O2S/c1-22-8-3-4-11(10-22)19-18-21-20-15(17(25)23(18)2)13-5-6-14-12(16(13)24)7-9-26-14/h5-7,9,11,24H,3-4,8,10H2,1-2H3,(H,19,21)/t11-/m1/s1. The number of phenols is 1. The van der Waals surface area contributed by atoms with E-state index in [-0.39, 0.29) is 23.0 Å². The Kier molecular flexibility index (Phi) is 4.37. The number of nitrogens with zero attached hydrogens (tertiary/aromatic N) is 4. The Labute approximate surface area is 154 Å². The summed E-state index contributed by atoms with van der Waals surface area (Å²) in [5.74, 6) is 0.528. The molecule has 8 heteroatoms. The van der Waals surface area contributed by atoms with Crippen LogP contribution < -0.4 is 10.9 Å². The van der Waals surface area contributed by atoms with E-state index >= 15 is 0 Å². The molecule has 1 fully saturated rings. The molecule has 1 saturated heterocycles. The maximum absolute atomic E-state index is 12.8. The van der Waals surface area contributed by atoms with Crippen LogP contribution in [0.4, 0.5) is 5.95 Å². The third kappa shape index (κ3) is 2.95. The third-order valence-corrected chi connectivity index (χ3v) is 5.77. The highest BCUT2D eigenvalue weighted by atomic mass is 32.1. The first-order valence-electron chi connectivity index (χ1n) is 8.63. The van der Waals surface area contributed by atoms with Gasteiger partial charge < -0.3 is 15.3 Å². The molecule has 3 aromatic rings. The zero-order valence-electron chi connectivity index (χ0n) is 14.8. The normalized spacial score (nSPS) is 18.3. The number of hydrogen-bond acceptors (Lipinski definition) is 7. The van der Waals surface area contributed by atoms with E-state index < -0.39 is 0 Å². The zero-order valence-corrected chi connectivity index (χ0v) is 15.6. The first-order chi connectivity index (χ1) is 12.5. The monoisotopic (exact) mass is 371 g/mol. The van der Waals surface area contributed by atoms with Crippen LogP contribution in [0, 0.1) is 0 Å². The van der Waals surface area contributed by atoms with Gasteiger partial charge in [0.2, 0.25) is 5.95 Å². The summed E-state index contributed by atoms with van der Waals surface area (Å²) in [6, 6.07) is 5.70. The van der Waals surface area contributed by atoms with Crippen molar-refractivity contribution >= 4 is 27.4 Å². The van der Waals surface area contributed by atoms with Crippen LogP contribution in [0.15, 0.2) is 28.4 Å². The second-order valence-corrected chi connectivity index (χ2v) is 7.72. The van der Waals surface area contributed by atoms with Crippen molar-refractivity contribution in [2.24, 2.45) is 7.05 Å². The molecule has 7 nitrogen and oxygen atoms in total. The SMILES string of the molecule is CN1CCC[C@@H](Nc2nnc(-c3ccc4sccc4c3O)c(=O)n2C)C1. The molecule has 0 aliphatic carbocycles. The van der Waals surface area contributed by atoms with Crippen LogP contribution in [0.25, 0.3) is 21.3 Å². The summed E-state index contributed by atoms with van der Waals surface area (Å²) in [5.41, 5.74) is 0.286. The lowest BCUT2D eigenvalue weighted by molar-refractivity contribution is 0.260. The number of rotatable bonds is 3. The summed E-state index contributed by atoms with van der Waals surface area (Å²) in [6.07, 6.45) is 2.15. The van der Waals surface area contributed by atoms with E-state index in [9.17, 15) is 9.90 Å². The average Bonchev–Trinajstić information content (AvgIpc) is 3.10. The largest absolute Gasteiger partial charge is 0.507 e. The summed E-state index contributed by atoms with van der Waals surface area (Å²) in [5, 5.41) is 24.8. The van der Waals surface area contributed by atoms with Crippen LogP contribution in [0.5, 0.6) is 5.75 Å². The maximum Gasteiger partial charge on any atom is 0.281 e. The van der Waals surface area contributed by atoms with Crippen molar-refractivity contribution < 1.29 is 5.11 Å². The van der Waals surface area contributed by atoms with E-state index in [1.807, 2.05) is 17.5 Å². The Balaban J connectivity index is 1.69. The number of piperidine rings is 1. The molecule has 0 radical (unpaired) electrons. The lowest BCUT2D eigenvalue weighted by Crippen LogP contribution is -2.41. The number of phenolic OH excluding ortho intramolecular Hbond substituents is 1. The molecular formula is C18H21N5O2S. The number of benzene rings is 1. The molecule has 2 N–H and O–H groups in total. The van der Waals surface area contributed by atoms with E-state index in [0.717, 1.165) is 36.0 Å². The molecule has 136 valence electrons. The molecule has 3 heterocycles. The fourth-order valence-electron chi connectivity index (χ4n) is 3.44. The molecule has 0 amide bonds. The maximum atomic E-state index is 12.8. The highest BCUT2D eigenvalue weighted by Gasteiger charge is 2.21. The van der Waals surface area contributed by atoms with Crippen LogP contribution in [0.2, 0.25) is 0 Å². The summed E-state index contributed by atoms with van der Waals surface area (Å²) in [4.78, 5) is 15.1. The van der Waals surface area contributed by atoms with Gasteiger partial charge >= 0.3 is 0 Å². The van der Waals surface area contributed by atoms with E-state index in [2.05, 4.69) is 27.5 Å². The molecule has 1 aromatic carbocycles. The smallest absolute Gasteiger partial charge is 0.281 e. The Bertz CT molecular complexity index is 1010. The number of anilines is 1. The van der Waals surface area contributed by atoms with Gasteiger partial charge in [0.1, 0.15) is 5.75 Å². The third-order valence-electron chi connectivity index (χ3n) is 4.89. The first kappa shape index (κ1) is 17.0. The van der Waals surface area contributed by atoms with Crippen LogP contribution >= 0.6 is 11.3 Å².